The largest absolute Gasteiger partial charge is 0.298 e. The lowest BCUT2D eigenvalue weighted by molar-refractivity contribution is -0.118. The van der Waals surface area contributed by atoms with Crippen molar-refractivity contribution < 1.29 is 4.79 Å². The molecule has 2 rings (SSSR count). The molecule has 2 heteroatoms. The van der Waals surface area contributed by atoms with E-state index in [0.29, 0.717) is 18.3 Å². The number of fused-ring (bicyclic) bond motifs is 1. The molecular weight excluding hydrogens is 136 g/mol. The Kier molecular flexibility index (Phi) is 0.852. The topological polar surface area (TPSA) is 17.1 Å². The van der Waals surface area contributed by atoms with Crippen molar-refractivity contribution in [1.82, 2.24) is 0 Å². The zero-order chi connectivity index (χ0) is 6.65. The van der Waals surface area contributed by atoms with Crippen LogP contribution in [0.25, 0.3) is 0 Å². The zero-order valence-corrected chi connectivity index (χ0v) is 6.11. The third-order valence-corrected chi connectivity index (χ3v) is 3.25. The molecule has 0 aromatic rings. The smallest absolute Gasteiger partial charge is 0.154 e. The molecule has 2 aliphatic rings. The molecule has 50 valence electrons. The van der Waals surface area contributed by atoms with Crippen LogP contribution in [0, 0.1) is 11.8 Å². The molecule has 9 heavy (non-hydrogen) atoms. The molecule has 3 atom stereocenters. The van der Waals surface area contributed by atoms with Gasteiger partial charge in [-0.15, -0.1) is 11.6 Å². The van der Waals surface area contributed by atoms with Gasteiger partial charge in [0.1, 0.15) is 4.87 Å². The summed E-state index contributed by atoms with van der Waals surface area (Å²) in [5.74, 6) is 1.35. The number of Topliss-reactive ketones (excluding diaryl/α,β-unsaturated/α-hetero) is 1. The molecule has 0 amide bonds. The quantitative estimate of drug-likeness (QED) is 0.472. The normalized spacial score (nSPS) is 55.6. The van der Waals surface area contributed by atoms with E-state index in [1.165, 1.54) is 0 Å². The summed E-state index contributed by atoms with van der Waals surface area (Å²) in [5.41, 5.74) is 0. The lowest BCUT2D eigenvalue weighted by Crippen LogP contribution is -2.10. The van der Waals surface area contributed by atoms with E-state index in [9.17, 15) is 4.79 Å². The minimum absolute atomic E-state index is 0.279. The Morgan fingerprint density at radius 2 is 2.44 bits per heavy atom. The molecular formula is C7H9ClO. The summed E-state index contributed by atoms with van der Waals surface area (Å²) in [6.07, 6.45) is 1.66. The predicted octanol–water partition coefficient (Wildman–Crippen LogP) is 1.59. The Balaban J connectivity index is 2.28. The fourth-order valence-corrected chi connectivity index (χ4v) is 2.30. The van der Waals surface area contributed by atoms with Crippen molar-refractivity contribution in [3.8, 4) is 0 Å². The molecule has 0 radical (unpaired) electrons. The Morgan fingerprint density at radius 1 is 1.78 bits per heavy atom. The van der Waals surface area contributed by atoms with Gasteiger partial charge in [-0.3, -0.25) is 4.79 Å². The highest BCUT2D eigenvalue weighted by atomic mass is 35.5. The molecule has 0 bridgehead atoms. The fraction of sp³-hybridized carbons (Fsp3) is 0.857. The monoisotopic (exact) mass is 144 g/mol. The van der Waals surface area contributed by atoms with Gasteiger partial charge in [0.25, 0.3) is 0 Å². The first kappa shape index (κ1) is 5.72. The van der Waals surface area contributed by atoms with Gasteiger partial charge in [-0.1, -0.05) is 6.92 Å². The zero-order valence-electron chi connectivity index (χ0n) is 5.36. The number of hydrogen-bond donors (Lipinski definition) is 0. The molecule has 0 aliphatic heterocycles. The summed E-state index contributed by atoms with van der Waals surface area (Å²) in [6, 6.07) is 0. The second-order valence-corrected chi connectivity index (χ2v) is 3.95. The van der Waals surface area contributed by atoms with Crippen LogP contribution in [0.15, 0.2) is 0 Å². The third kappa shape index (κ3) is 0.536. The number of ketones is 1. The summed E-state index contributed by atoms with van der Waals surface area (Å²) >= 11 is 5.94. The molecule has 1 nitrogen and oxygen atoms in total. The second-order valence-electron chi connectivity index (χ2n) is 3.28. The van der Waals surface area contributed by atoms with Gasteiger partial charge in [0.05, 0.1) is 0 Å². The highest BCUT2D eigenvalue weighted by Crippen LogP contribution is 2.60. The molecule has 0 N–H and O–H groups in total. The number of rotatable bonds is 0. The van der Waals surface area contributed by atoms with Crippen molar-refractivity contribution in [2.75, 3.05) is 0 Å². The van der Waals surface area contributed by atoms with Crippen molar-refractivity contribution in [2.45, 2.75) is 24.6 Å². The molecule has 3 unspecified atom stereocenters. The van der Waals surface area contributed by atoms with Crippen LogP contribution in [0.4, 0.5) is 0 Å². The average molecular weight is 145 g/mol. The van der Waals surface area contributed by atoms with Crippen molar-refractivity contribution in [3.63, 3.8) is 0 Å². The molecule has 2 fully saturated rings. The van der Waals surface area contributed by atoms with Crippen molar-refractivity contribution in [2.24, 2.45) is 11.8 Å². The van der Waals surface area contributed by atoms with Gasteiger partial charge in [-0.2, -0.15) is 0 Å². The highest BCUT2D eigenvalue weighted by Gasteiger charge is 2.65. The van der Waals surface area contributed by atoms with Gasteiger partial charge in [0.15, 0.2) is 5.78 Å². The number of halogens is 1. The van der Waals surface area contributed by atoms with E-state index in [1.807, 2.05) is 0 Å². The Hall–Kier alpha value is -0.0400. The summed E-state index contributed by atoms with van der Waals surface area (Å²) in [6.45, 7) is 2.11. The molecule has 0 aromatic carbocycles. The van der Waals surface area contributed by atoms with Crippen LogP contribution < -0.4 is 0 Å². The molecule has 0 spiro atoms. The Labute approximate surface area is 59.4 Å². The highest BCUT2D eigenvalue weighted by molar-refractivity contribution is 6.38. The first-order chi connectivity index (χ1) is 4.14. The van der Waals surface area contributed by atoms with Gasteiger partial charge >= 0.3 is 0 Å². The van der Waals surface area contributed by atoms with Crippen LogP contribution in [-0.2, 0) is 4.79 Å². The van der Waals surface area contributed by atoms with Crippen molar-refractivity contribution in [3.05, 3.63) is 0 Å². The van der Waals surface area contributed by atoms with Gasteiger partial charge in [-0.05, 0) is 18.3 Å². The van der Waals surface area contributed by atoms with Gasteiger partial charge in [0, 0.05) is 6.42 Å². The van der Waals surface area contributed by atoms with Crippen molar-refractivity contribution in [1.29, 1.82) is 0 Å². The van der Waals surface area contributed by atoms with Crippen LogP contribution in [0.5, 0.6) is 0 Å². The fourth-order valence-electron chi connectivity index (χ4n) is 1.84. The van der Waals surface area contributed by atoms with E-state index in [0.717, 1.165) is 6.42 Å². The van der Waals surface area contributed by atoms with E-state index in [2.05, 4.69) is 6.92 Å². The van der Waals surface area contributed by atoms with Gasteiger partial charge in [0.2, 0.25) is 0 Å². The molecule has 0 heterocycles. The average Bonchev–Trinajstić information content (AvgIpc) is 2.38. The summed E-state index contributed by atoms with van der Waals surface area (Å²) in [4.78, 5) is 10.6. The summed E-state index contributed by atoms with van der Waals surface area (Å²) in [7, 11) is 0. The third-order valence-electron chi connectivity index (χ3n) is 2.60. The van der Waals surface area contributed by atoms with E-state index in [1.54, 1.807) is 0 Å². The van der Waals surface area contributed by atoms with Gasteiger partial charge in [-0.25, -0.2) is 0 Å². The van der Waals surface area contributed by atoms with Crippen LogP contribution in [-0.4, -0.2) is 10.7 Å². The minimum atomic E-state index is -0.376. The lowest BCUT2D eigenvalue weighted by Gasteiger charge is -1.97. The molecule has 0 saturated heterocycles. The predicted molar refractivity (Wildman–Crippen MR) is 35.5 cm³/mol. The van der Waals surface area contributed by atoms with Crippen molar-refractivity contribution >= 4 is 17.4 Å². The van der Waals surface area contributed by atoms with E-state index >= 15 is 0 Å². The standard InChI is InChI=1S/C7H9ClO/c1-4-2-6(9)7(8)3-5(4)7/h4-5H,2-3H2,1H3. The van der Waals surface area contributed by atoms with E-state index in [-0.39, 0.29) is 10.7 Å². The number of alkyl halides is 1. The minimum Gasteiger partial charge on any atom is -0.298 e. The van der Waals surface area contributed by atoms with Crippen LogP contribution in [0.3, 0.4) is 0 Å². The number of carbonyl (C=O) groups is 1. The second kappa shape index (κ2) is 1.34. The SMILES string of the molecule is CC1CC(=O)C2(Cl)CC12. The first-order valence-corrected chi connectivity index (χ1v) is 3.74. The van der Waals surface area contributed by atoms with E-state index in [4.69, 9.17) is 11.6 Å². The number of carbonyl (C=O) groups excluding carboxylic acids is 1. The van der Waals surface area contributed by atoms with E-state index < -0.39 is 0 Å². The maximum atomic E-state index is 11.0. The Bertz CT molecular complexity index is 178. The van der Waals surface area contributed by atoms with Gasteiger partial charge < -0.3 is 0 Å². The first-order valence-electron chi connectivity index (χ1n) is 3.37. The molecule has 2 saturated carbocycles. The van der Waals surface area contributed by atoms with Crippen LogP contribution >= 0.6 is 11.6 Å². The maximum absolute atomic E-state index is 11.0. The maximum Gasteiger partial charge on any atom is 0.154 e. The van der Waals surface area contributed by atoms with Crippen LogP contribution in [0.2, 0.25) is 0 Å². The number of hydrogen-bond acceptors (Lipinski definition) is 1. The molecule has 2 aliphatic carbocycles. The summed E-state index contributed by atoms with van der Waals surface area (Å²) < 4.78 is 0. The van der Waals surface area contributed by atoms with Crippen LogP contribution in [0.1, 0.15) is 19.8 Å². The lowest BCUT2D eigenvalue weighted by atomic mass is 10.1. The molecule has 0 aromatic heterocycles. The Morgan fingerprint density at radius 3 is 2.56 bits per heavy atom. The summed E-state index contributed by atoms with van der Waals surface area (Å²) in [5, 5.41) is 0.